The predicted molar refractivity (Wildman–Crippen MR) is 58.1 cm³/mol. The minimum absolute atomic E-state index is 0.00644. The Kier molecular flexibility index (Phi) is 2.34. The number of aromatic nitrogens is 1. The average molecular weight is 224 g/mol. The molecule has 1 aromatic rings. The zero-order valence-corrected chi connectivity index (χ0v) is 9.48. The molecule has 4 nitrogen and oxygen atoms in total. The fraction of sp³-hybridized carbons (Fsp3) is 0.500. The minimum atomic E-state index is -0.206. The Hall–Kier alpha value is -1.23. The maximum absolute atomic E-state index is 11.6. The monoisotopic (exact) mass is 224 g/mol. The first-order chi connectivity index (χ1) is 7.01. The number of Topliss-reactive ketones (excluding diaryl/α,β-unsaturated/α-hetero) is 1. The number of carbonyl (C=O) groups is 2. The summed E-state index contributed by atoms with van der Waals surface area (Å²) in [5.41, 5.74) is 0.207. The summed E-state index contributed by atoms with van der Waals surface area (Å²) in [5.74, 6) is -0.0728. The van der Waals surface area contributed by atoms with Crippen molar-refractivity contribution in [3.05, 3.63) is 11.1 Å². The van der Waals surface area contributed by atoms with Gasteiger partial charge in [-0.2, -0.15) is 0 Å². The Morgan fingerprint density at radius 1 is 1.53 bits per heavy atom. The SMILES string of the molecule is CC(=O)c1csc(NC(=O)C2(C)CC2)n1. The molecular weight excluding hydrogens is 212 g/mol. The van der Waals surface area contributed by atoms with Crippen molar-refractivity contribution in [2.24, 2.45) is 5.41 Å². The summed E-state index contributed by atoms with van der Waals surface area (Å²) in [4.78, 5) is 26.7. The van der Waals surface area contributed by atoms with Crippen molar-refractivity contribution in [3.63, 3.8) is 0 Å². The molecule has 1 amide bonds. The summed E-state index contributed by atoms with van der Waals surface area (Å²) in [5, 5.41) is 4.91. The van der Waals surface area contributed by atoms with E-state index in [2.05, 4.69) is 10.3 Å². The van der Waals surface area contributed by atoms with Crippen molar-refractivity contribution in [2.75, 3.05) is 5.32 Å². The van der Waals surface area contributed by atoms with Gasteiger partial charge in [-0.3, -0.25) is 9.59 Å². The third kappa shape index (κ3) is 2.07. The number of hydrogen-bond acceptors (Lipinski definition) is 4. The Labute approximate surface area is 91.7 Å². The number of hydrogen-bond donors (Lipinski definition) is 1. The molecule has 1 heterocycles. The quantitative estimate of drug-likeness (QED) is 0.800. The topological polar surface area (TPSA) is 59.1 Å². The molecule has 1 aliphatic rings. The molecule has 0 unspecified atom stereocenters. The van der Waals surface area contributed by atoms with Gasteiger partial charge in [-0.1, -0.05) is 6.92 Å². The molecule has 0 aliphatic heterocycles. The molecule has 0 aromatic carbocycles. The van der Waals surface area contributed by atoms with Crippen LogP contribution in [-0.4, -0.2) is 16.7 Å². The average Bonchev–Trinajstić information content (AvgIpc) is 2.76. The van der Waals surface area contributed by atoms with E-state index in [9.17, 15) is 9.59 Å². The van der Waals surface area contributed by atoms with Gasteiger partial charge < -0.3 is 5.32 Å². The molecule has 1 N–H and O–H groups in total. The highest BCUT2D eigenvalue weighted by Gasteiger charge is 2.45. The highest BCUT2D eigenvalue weighted by atomic mass is 32.1. The van der Waals surface area contributed by atoms with E-state index in [0.717, 1.165) is 12.8 Å². The third-order valence-electron chi connectivity index (χ3n) is 2.63. The summed E-state index contributed by atoms with van der Waals surface area (Å²) in [6, 6.07) is 0. The Morgan fingerprint density at radius 2 is 2.20 bits per heavy atom. The smallest absolute Gasteiger partial charge is 0.232 e. The zero-order valence-electron chi connectivity index (χ0n) is 8.66. The molecular formula is C10H12N2O2S. The van der Waals surface area contributed by atoms with Crippen LogP contribution in [0.5, 0.6) is 0 Å². The van der Waals surface area contributed by atoms with E-state index in [4.69, 9.17) is 0 Å². The molecule has 1 aromatic heterocycles. The number of anilines is 1. The lowest BCUT2D eigenvalue weighted by Gasteiger charge is -2.06. The Balaban J connectivity index is 2.05. The van der Waals surface area contributed by atoms with Gasteiger partial charge in [0.2, 0.25) is 5.91 Å². The number of amides is 1. The Morgan fingerprint density at radius 3 is 2.67 bits per heavy atom. The molecule has 0 atom stereocenters. The molecule has 0 bridgehead atoms. The van der Waals surface area contributed by atoms with E-state index in [1.807, 2.05) is 6.92 Å². The number of nitrogens with zero attached hydrogens (tertiary/aromatic N) is 1. The van der Waals surface area contributed by atoms with Crippen molar-refractivity contribution in [1.29, 1.82) is 0 Å². The zero-order chi connectivity index (χ0) is 11.1. The second kappa shape index (κ2) is 3.41. The second-order valence-electron chi connectivity index (χ2n) is 4.11. The molecule has 1 aliphatic carbocycles. The molecule has 0 spiro atoms. The van der Waals surface area contributed by atoms with Crippen LogP contribution in [-0.2, 0) is 4.79 Å². The van der Waals surface area contributed by atoms with Crippen LogP contribution in [0, 0.1) is 5.41 Å². The van der Waals surface area contributed by atoms with Gasteiger partial charge in [-0.05, 0) is 12.8 Å². The standard InChI is InChI=1S/C10H12N2O2S/c1-6(13)7-5-15-9(11-7)12-8(14)10(2)3-4-10/h5H,3-4H2,1-2H3,(H,11,12,14). The van der Waals surface area contributed by atoms with Gasteiger partial charge in [-0.25, -0.2) is 4.98 Å². The summed E-state index contributed by atoms with van der Waals surface area (Å²) in [7, 11) is 0. The number of thiazole rings is 1. The normalized spacial score (nSPS) is 17.2. The lowest BCUT2D eigenvalue weighted by Crippen LogP contribution is -2.21. The van der Waals surface area contributed by atoms with Crippen molar-refractivity contribution >= 4 is 28.2 Å². The first-order valence-electron chi connectivity index (χ1n) is 4.79. The van der Waals surface area contributed by atoms with E-state index in [0.29, 0.717) is 10.8 Å². The number of ketones is 1. The van der Waals surface area contributed by atoms with E-state index in [1.54, 1.807) is 5.38 Å². The summed E-state index contributed by atoms with van der Waals surface area (Å²) >= 11 is 1.29. The van der Waals surface area contributed by atoms with Crippen LogP contribution in [0.25, 0.3) is 0 Å². The minimum Gasteiger partial charge on any atom is -0.301 e. The van der Waals surface area contributed by atoms with Crippen LogP contribution in [0.1, 0.15) is 37.2 Å². The van der Waals surface area contributed by atoms with Crippen molar-refractivity contribution in [2.45, 2.75) is 26.7 Å². The van der Waals surface area contributed by atoms with E-state index in [1.165, 1.54) is 18.3 Å². The van der Waals surface area contributed by atoms with E-state index < -0.39 is 0 Å². The second-order valence-corrected chi connectivity index (χ2v) is 4.97. The van der Waals surface area contributed by atoms with Gasteiger partial charge in [0.25, 0.3) is 0 Å². The number of rotatable bonds is 3. The van der Waals surface area contributed by atoms with Crippen LogP contribution in [0.3, 0.4) is 0 Å². The third-order valence-corrected chi connectivity index (χ3v) is 3.39. The lowest BCUT2D eigenvalue weighted by molar-refractivity contribution is -0.120. The highest BCUT2D eigenvalue weighted by molar-refractivity contribution is 7.14. The van der Waals surface area contributed by atoms with Crippen LogP contribution in [0.15, 0.2) is 5.38 Å². The fourth-order valence-electron chi connectivity index (χ4n) is 1.16. The first-order valence-corrected chi connectivity index (χ1v) is 5.67. The maximum Gasteiger partial charge on any atom is 0.232 e. The van der Waals surface area contributed by atoms with E-state index in [-0.39, 0.29) is 17.1 Å². The van der Waals surface area contributed by atoms with Gasteiger partial charge in [-0.15, -0.1) is 11.3 Å². The van der Waals surface area contributed by atoms with Crippen molar-refractivity contribution in [3.8, 4) is 0 Å². The highest BCUT2D eigenvalue weighted by Crippen LogP contribution is 2.45. The van der Waals surface area contributed by atoms with Gasteiger partial charge in [0, 0.05) is 17.7 Å². The van der Waals surface area contributed by atoms with Crippen LogP contribution in [0.4, 0.5) is 5.13 Å². The number of carbonyl (C=O) groups excluding carboxylic acids is 2. The molecule has 15 heavy (non-hydrogen) atoms. The molecule has 1 saturated carbocycles. The molecule has 5 heteroatoms. The molecule has 1 fully saturated rings. The van der Waals surface area contributed by atoms with Gasteiger partial charge in [0.1, 0.15) is 5.69 Å². The van der Waals surface area contributed by atoms with Gasteiger partial charge in [0.05, 0.1) is 0 Å². The Bertz CT molecular complexity index is 421. The molecule has 0 radical (unpaired) electrons. The van der Waals surface area contributed by atoms with Gasteiger partial charge >= 0.3 is 0 Å². The van der Waals surface area contributed by atoms with Crippen molar-refractivity contribution in [1.82, 2.24) is 4.98 Å². The van der Waals surface area contributed by atoms with Crippen LogP contribution in [0.2, 0.25) is 0 Å². The first kappa shape index (κ1) is 10.3. The van der Waals surface area contributed by atoms with Crippen LogP contribution >= 0.6 is 11.3 Å². The summed E-state index contributed by atoms with van der Waals surface area (Å²) in [6.07, 6.45) is 1.87. The molecule has 2 rings (SSSR count). The lowest BCUT2D eigenvalue weighted by atomic mass is 10.1. The van der Waals surface area contributed by atoms with Crippen LogP contribution < -0.4 is 5.32 Å². The largest absolute Gasteiger partial charge is 0.301 e. The molecule has 80 valence electrons. The van der Waals surface area contributed by atoms with E-state index >= 15 is 0 Å². The fourth-order valence-corrected chi connectivity index (χ4v) is 1.90. The summed E-state index contributed by atoms with van der Waals surface area (Å²) < 4.78 is 0. The maximum atomic E-state index is 11.6. The molecule has 0 saturated heterocycles. The van der Waals surface area contributed by atoms with Crippen molar-refractivity contribution < 1.29 is 9.59 Å². The summed E-state index contributed by atoms with van der Waals surface area (Å²) in [6.45, 7) is 3.39. The number of nitrogens with one attached hydrogen (secondary N) is 1. The van der Waals surface area contributed by atoms with Gasteiger partial charge in [0.15, 0.2) is 10.9 Å². The predicted octanol–water partition coefficient (Wildman–Crippen LogP) is 2.08.